The van der Waals surface area contributed by atoms with E-state index in [1.807, 2.05) is 0 Å². The van der Waals surface area contributed by atoms with Gasteiger partial charge in [0.1, 0.15) is 6.04 Å². The van der Waals surface area contributed by atoms with Crippen molar-refractivity contribution in [3.05, 3.63) is 39.9 Å². The summed E-state index contributed by atoms with van der Waals surface area (Å²) in [6.45, 7) is 2.69. The number of hydrogen-bond donors (Lipinski definition) is 1. The van der Waals surface area contributed by atoms with Crippen molar-refractivity contribution < 1.29 is 9.59 Å². The third kappa shape index (κ3) is 3.52. The van der Waals surface area contributed by atoms with Crippen molar-refractivity contribution in [2.45, 2.75) is 13.0 Å². The molecule has 0 bridgehead atoms. The molecule has 0 aliphatic carbocycles. The SMILES string of the molecule is CC1C(=O)NCCN1C(=O)C=Cc1cc(Cl)cc(Cl)c1. The zero-order chi connectivity index (χ0) is 14.7. The summed E-state index contributed by atoms with van der Waals surface area (Å²) >= 11 is 11.8. The van der Waals surface area contributed by atoms with Crippen molar-refractivity contribution in [1.82, 2.24) is 10.2 Å². The highest BCUT2D eigenvalue weighted by Crippen LogP contribution is 2.20. The van der Waals surface area contributed by atoms with Gasteiger partial charge in [-0.1, -0.05) is 23.2 Å². The van der Waals surface area contributed by atoms with Crippen LogP contribution in [0.15, 0.2) is 24.3 Å². The van der Waals surface area contributed by atoms with Crippen LogP contribution in [0.4, 0.5) is 0 Å². The minimum absolute atomic E-state index is 0.135. The zero-order valence-corrected chi connectivity index (χ0v) is 12.4. The van der Waals surface area contributed by atoms with E-state index in [0.717, 1.165) is 5.56 Å². The Morgan fingerprint density at radius 1 is 1.35 bits per heavy atom. The van der Waals surface area contributed by atoms with Crippen LogP contribution in [0.2, 0.25) is 10.0 Å². The number of carbonyl (C=O) groups excluding carboxylic acids is 2. The molecule has 1 heterocycles. The minimum atomic E-state index is -0.455. The van der Waals surface area contributed by atoms with Crippen LogP contribution in [0.25, 0.3) is 6.08 Å². The normalized spacial score (nSPS) is 19.2. The fraction of sp³-hybridized carbons (Fsp3) is 0.286. The van der Waals surface area contributed by atoms with Crippen molar-refractivity contribution in [3.8, 4) is 0 Å². The van der Waals surface area contributed by atoms with Gasteiger partial charge in [0.15, 0.2) is 0 Å². The fourth-order valence-corrected chi connectivity index (χ4v) is 2.56. The Bertz CT molecular complexity index is 552. The van der Waals surface area contributed by atoms with Crippen LogP contribution >= 0.6 is 23.2 Å². The van der Waals surface area contributed by atoms with E-state index < -0.39 is 6.04 Å². The van der Waals surface area contributed by atoms with Crippen LogP contribution < -0.4 is 5.32 Å². The second-order valence-electron chi connectivity index (χ2n) is 4.53. The standard InChI is InChI=1S/C14H14Cl2N2O2/c1-9-14(20)17-4-5-18(9)13(19)3-2-10-6-11(15)8-12(16)7-10/h2-3,6-9H,4-5H2,1H3,(H,17,20). The Labute approximate surface area is 127 Å². The number of rotatable bonds is 2. The van der Waals surface area contributed by atoms with Gasteiger partial charge in [0.2, 0.25) is 11.8 Å². The molecule has 20 heavy (non-hydrogen) atoms. The molecule has 0 aromatic heterocycles. The summed E-state index contributed by atoms with van der Waals surface area (Å²) in [6.07, 6.45) is 3.07. The first-order chi connectivity index (χ1) is 9.47. The van der Waals surface area contributed by atoms with Gasteiger partial charge in [-0.3, -0.25) is 9.59 Å². The molecular formula is C14H14Cl2N2O2. The van der Waals surface area contributed by atoms with Crippen molar-refractivity contribution in [2.75, 3.05) is 13.1 Å². The molecule has 4 nitrogen and oxygen atoms in total. The minimum Gasteiger partial charge on any atom is -0.353 e. The van der Waals surface area contributed by atoms with Gasteiger partial charge in [-0.05, 0) is 36.8 Å². The molecule has 1 aromatic carbocycles. The van der Waals surface area contributed by atoms with Gasteiger partial charge in [0.25, 0.3) is 0 Å². The van der Waals surface area contributed by atoms with Gasteiger partial charge in [0.05, 0.1) is 0 Å². The second kappa shape index (κ2) is 6.29. The molecule has 1 N–H and O–H groups in total. The number of benzene rings is 1. The van der Waals surface area contributed by atoms with Gasteiger partial charge in [-0.25, -0.2) is 0 Å². The van der Waals surface area contributed by atoms with Gasteiger partial charge >= 0.3 is 0 Å². The summed E-state index contributed by atoms with van der Waals surface area (Å²) in [4.78, 5) is 25.1. The molecule has 0 spiro atoms. The van der Waals surface area contributed by atoms with Crippen LogP contribution in [0.3, 0.4) is 0 Å². The molecule has 0 radical (unpaired) electrons. The Kier molecular flexibility index (Phi) is 4.68. The van der Waals surface area contributed by atoms with E-state index in [2.05, 4.69) is 5.32 Å². The average molecular weight is 313 g/mol. The van der Waals surface area contributed by atoms with Gasteiger partial charge in [-0.2, -0.15) is 0 Å². The number of nitrogens with one attached hydrogen (secondary N) is 1. The monoisotopic (exact) mass is 312 g/mol. The van der Waals surface area contributed by atoms with Gasteiger partial charge < -0.3 is 10.2 Å². The van der Waals surface area contributed by atoms with E-state index in [1.54, 1.807) is 31.2 Å². The first-order valence-corrected chi connectivity index (χ1v) is 6.95. The zero-order valence-electron chi connectivity index (χ0n) is 10.9. The van der Waals surface area contributed by atoms with E-state index in [1.165, 1.54) is 11.0 Å². The van der Waals surface area contributed by atoms with Crippen LogP contribution in [0, 0.1) is 0 Å². The van der Waals surface area contributed by atoms with Gasteiger partial charge in [-0.15, -0.1) is 0 Å². The Hall–Kier alpha value is -1.52. The third-order valence-electron chi connectivity index (χ3n) is 3.09. The molecule has 1 unspecified atom stereocenters. The summed E-state index contributed by atoms with van der Waals surface area (Å²) in [5.41, 5.74) is 0.741. The lowest BCUT2D eigenvalue weighted by atomic mass is 10.1. The Balaban J connectivity index is 2.10. The highest BCUT2D eigenvalue weighted by atomic mass is 35.5. The first kappa shape index (κ1) is 14.9. The lowest BCUT2D eigenvalue weighted by molar-refractivity contribution is -0.139. The lowest BCUT2D eigenvalue weighted by Crippen LogP contribution is -2.55. The number of halogens is 2. The largest absolute Gasteiger partial charge is 0.353 e. The number of piperazine rings is 1. The molecule has 1 fully saturated rings. The maximum absolute atomic E-state index is 12.1. The number of carbonyl (C=O) groups is 2. The van der Waals surface area contributed by atoms with E-state index >= 15 is 0 Å². The van der Waals surface area contributed by atoms with Crippen LogP contribution in [-0.2, 0) is 9.59 Å². The van der Waals surface area contributed by atoms with Crippen molar-refractivity contribution >= 4 is 41.1 Å². The van der Waals surface area contributed by atoms with E-state index in [9.17, 15) is 9.59 Å². The maximum atomic E-state index is 12.1. The molecule has 1 atom stereocenters. The number of amides is 2. The quantitative estimate of drug-likeness (QED) is 0.852. The fourth-order valence-electron chi connectivity index (χ4n) is 2.02. The molecule has 1 aliphatic heterocycles. The first-order valence-electron chi connectivity index (χ1n) is 6.20. The van der Waals surface area contributed by atoms with E-state index in [4.69, 9.17) is 23.2 Å². The summed E-state index contributed by atoms with van der Waals surface area (Å²) in [5, 5.41) is 3.73. The number of nitrogens with zero attached hydrogens (tertiary/aromatic N) is 1. The molecule has 1 aliphatic rings. The highest BCUT2D eigenvalue weighted by Gasteiger charge is 2.27. The maximum Gasteiger partial charge on any atom is 0.247 e. The molecule has 2 rings (SSSR count). The average Bonchev–Trinajstić information content (AvgIpc) is 2.38. The Morgan fingerprint density at radius 3 is 2.65 bits per heavy atom. The van der Waals surface area contributed by atoms with Crippen molar-refractivity contribution in [2.24, 2.45) is 0 Å². The topological polar surface area (TPSA) is 49.4 Å². The molecule has 1 saturated heterocycles. The number of hydrogen-bond acceptors (Lipinski definition) is 2. The third-order valence-corrected chi connectivity index (χ3v) is 3.52. The summed E-state index contributed by atoms with van der Waals surface area (Å²) in [5.74, 6) is -0.341. The second-order valence-corrected chi connectivity index (χ2v) is 5.41. The molecular weight excluding hydrogens is 299 g/mol. The molecule has 0 saturated carbocycles. The lowest BCUT2D eigenvalue weighted by Gasteiger charge is -2.31. The van der Waals surface area contributed by atoms with Crippen LogP contribution in [-0.4, -0.2) is 35.8 Å². The molecule has 2 amide bonds. The predicted molar refractivity (Wildman–Crippen MR) is 79.7 cm³/mol. The molecule has 106 valence electrons. The van der Waals surface area contributed by atoms with E-state index in [0.29, 0.717) is 23.1 Å². The molecule has 6 heteroatoms. The predicted octanol–water partition coefficient (Wildman–Crippen LogP) is 2.35. The summed E-state index contributed by atoms with van der Waals surface area (Å²) in [6, 6.07) is 4.59. The summed E-state index contributed by atoms with van der Waals surface area (Å²) < 4.78 is 0. The van der Waals surface area contributed by atoms with Crippen molar-refractivity contribution in [3.63, 3.8) is 0 Å². The van der Waals surface area contributed by atoms with Crippen LogP contribution in [0.1, 0.15) is 12.5 Å². The van der Waals surface area contributed by atoms with Crippen LogP contribution in [0.5, 0.6) is 0 Å². The Morgan fingerprint density at radius 2 is 2.00 bits per heavy atom. The van der Waals surface area contributed by atoms with Crippen molar-refractivity contribution in [1.29, 1.82) is 0 Å². The molecule has 1 aromatic rings. The highest BCUT2D eigenvalue weighted by molar-refractivity contribution is 6.34. The summed E-state index contributed by atoms with van der Waals surface area (Å²) in [7, 11) is 0. The van der Waals surface area contributed by atoms with Gasteiger partial charge in [0, 0.05) is 29.2 Å². The smallest absolute Gasteiger partial charge is 0.247 e. The van der Waals surface area contributed by atoms with E-state index in [-0.39, 0.29) is 11.8 Å².